The van der Waals surface area contributed by atoms with Gasteiger partial charge in [0.15, 0.2) is 16.4 Å². The van der Waals surface area contributed by atoms with Crippen LogP contribution < -0.4 is 5.32 Å². The lowest BCUT2D eigenvalue weighted by Gasteiger charge is -2.07. The lowest BCUT2D eigenvalue weighted by molar-refractivity contribution is -0.148. The second-order valence-electron chi connectivity index (χ2n) is 5.24. The van der Waals surface area contributed by atoms with E-state index in [1.54, 1.807) is 0 Å². The van der Waals surface area contributed by atoms with Crippen molar-refractivity contribution in [3.05, 3.63) is 29.3 Å². The van der Waals surface area contributed by atoms with Gasteiger partial charge in [-0.05, 0) is 30.7 Å². The zero-order valence-electron chi connectivity index (χ0n) is 13.6. The number of hydrogen-bond donors (Lipinski definition) is 1. The third-order valence-electron chi connectivity index (χ3n) is 3.21. The van der Waals surface area contributed by atoms with Gasteiger partial charge in [0.2, 0.25) is 0 Å². The Balaban J connectivity index is 2.32. The van der Waals surface area contributed by atoms with Crippen LogP contribution in [0, 0.1) is 0 Å². The van der Waals surface area contributed by atoms with Crippen molar-refractivity contribution in [1.29, 1.82) is 0 Å². The van der Waals surface area contributed by atoms with Crippen LogP contribution in [0.4, 0.5) is 0 Å². The van der Waals surface area contributed by atoms with Crippen LogP contribution in [0.5, 0.6) is 0 Å². The molecular weight excluding hydrogens is 354 g/mol. The molecule has 1 aromatic rings. The van der Waals surface area contributed by atoms with Gasteiger partial charge in [-0.25, -0.2) is 8.42 Å². The summed E-state index contributed by atoms with van der Waals surface area (Å²) in [7, 11) is -3.59. The summed E-state index contributed by atoms with van der Waals surface area (Å²) < 4.78 is 28.9. The first kappa shape index (κ1) is 20.4. The summed E-state index contributed by atoms with van der Waals surface area (Å²) in [4.78, 5) is 23.1. The summed E-state index contributed by atoms with van der Waals surface area (Å²) in [6.07, 6.45) is 2.62. The summed E-state index contributed by atoms with van der Waals surface area (Å²) in [6.45, 7) is 2.20. The highest BCUT2D eigenvalue weighted by molar-refractivity contribution is 7.91. The van der Waals surface area contributed by atoms with Crippen molar-refractivity contribution in [3.8, 4) is 0 Å². The molecule has 0 aliphatic rings. The van der Waals surface area contributed by atoms with Crippen molar-refractivity contribution in [2.45, 2.75) is 37.5 Å². The standard InChI is InChI=1S/C16H22ClNO5S/c1-2-3-4-10-18-15(19)12-23-16(20)9-11-24(21,22)14-7-5-13(17)6-8-14/h5-8H,2-4,9-12H2,1H3,(H,18,19). The van der Waals surface area contributed by atoms with Crippen molar-refractivity contribution < 1.29 is 22.7 Å². The molecular formula is C16H22ClNO5S. The van der Waals surface area contributed by atoms with Gasteiger partial charge >= 0.3 is 5.97 Å². The molecule has 0 unspecified atom stereocenters. The van der Waals surface area contributed by atoms with E-state index in [0.29, 0.717) is 11.6 Å². The minimum Gasteiger partial charge on any atom is -0.456 e. The summed E-state index contributed by atoms with van der Waals surface area (Å²) >= 11 is 5.71. The molecule has 1 rings (SSSR count). The number of halogens is 1. The molecule has 0 radical (unpaired) electrons. The number of benzene rings is 1. The quantitative estimate of drug-likeness (QED) is 0.500. The SMILES string of the molecule is CCCCCNC(=O)COC(=O)CCS(=O)(=O)c1ccc(Cl)cc1. The van der Waals surface area contributed by atoms with E-state index in [9.17, 15) is 18.0 Å². The van der Waals surface area contributed by atoms with E-state index in [1.807, 2.05) is 0 Å². The molecule has 0 aromatic heterocycles. The second-order valence-corrected chi connectivity index (χ2v) is 7.79. The highest BCUT2D eigenvalue weighted by Gasteiger charge is 2.17. The molecule has 0 spiro atoms. The van der Waals surface area contributed by atoms with Crippen LogP contribution in [0.15, 0.2) is 29.2 Å². The average Bonchev–Trinajstić information content (AvgIpc) is 2.55. The van der Waals surface area contributed by atoms with Crippen LogP contribution in [0.25, 0.3) is 0 Å². The number of nitrogens with one attached hydrogen (secondary N) is 1. The average molecular weight is 376 g/mol. The van der Waals surface area contributed by atoms with E-state index in [0.717, 1.165) is 19.3 Å². The molecule has 0 aliphatic carbocycles. The van der Waals surface area contributed by atoms with E-state index in [4.69, 9.17) is 16.3 Å². The maximum absolute atomic E-state index is 12.1. The maximum atomic E-state index is 12.1. The molecule has 1 aromatic carbocycles. The van der Waals surface area contributed by atoms with Gasteiger partial charge in [0.25, 0.3) is 5.91 Å². The van der Waals surface area contributed by atoms with Crippen LogP contribution in [0.1, 0.15) is 32.6 Å². The van der Waals surface area contributed by atoms with Gasteiger partial charge in [0.05, 0.1) is 17.1 Å². The fraction of sp³-hybridized carbons (Fsp3) is 0.500. The highest BCUT2D eigenvalue weighted by Crippen LogP contribution is 2.16. The van der Waals surface area contributed by atoms with Crippen LogP contribution >= 0.6 is 11.6 Å². The first-order valence-corrected chi connectivity index (χ1v) is 9.79. The molecule has 24 heavy (non-hydrogen) atoms. The smallest absolute Gasteiger partial charge is 0.307 e. The molecule has 6 nitrogen and oxygen atoms in total. The molecule has 8 heteroatoms. The van der Waals surface area contributed by atoms with Crippen molar-refractivity contribution in [2.24, 2.45) is 0 Å². The predicted octanol–water partition coefficient (Wildman–Crippen LogP) is 2.35. The Hall–Kier alpha value is -1.60. The van der Waals surface area contributed by atoms with Gasteiger partial charge in [0.1, 0.15) is 0 Å². The first-order chi connectivity index (χ1) is 11.3. The third-order valence-corrected chi connectivity index (χ3v) is 5.20. The van der Waals surface area contributed by atoms with Crippen molar-refractivity contribution in [2.75, 3.05) is 18.9 Å². The van der Waals surface area contributed by atoms with Crippen molar-refractivity contribution in [3.63, 3.8) is 0 Å². The van der Waals surface area contributed by atoms with Crippen molar-refractivity contribution >= 4 is 33.3 Å². The summed E-state index contributed by atoms with van der Waals surface area (Å²) in [5.74, 6) is -1.50. The number of unbranched alkanes of at least 4 members (excludes halogenated alkanes) is 2. The maximum Gasteiger partial charge on any atom is 0.307 e. The minimum atomic E-state index is -3.59. The van der Waals surface area contributed by atoms with Crippen molar-refractivity contribution in [1.82, 2.24) is 5.32 Å². The zero-order chi connectivity index (χ0) is 18.0. The molecule has 134 valence electrons. The Morgan fingerprint density at radius 1 is 1.17 bits per heavy atom. The fourth-order valence-corrected chi connectivity index (χ4v) is 3.20. The van der Waals surface area contributed by atoms with E-state index >= 15 is 0 Å². The number of carbonyl (C=O) groups excluding carboxylic acids is 2. The Morgan fingerprint density at radius 3 is 2.46 bits per heavy atom. The summed E-state index contributed by atoms with van der Waals surface area (Å²) in [6, 6.07) is 5.70. The van der Waals surface area contributed by atoms with E-state index in [2.05, 4.69) is 12.2 Å². The first-order valence-electron chi connectivity index (χ1n) is 7.76. The van der Waals surface area contributed by atoms with Gasteiger partial charge < -0.3 is 10.1 Å². The number of carbonyl (C=O) groups is 2. The molecule has 0 bridgehead atoms. The monoisotopic (exact) mass is 375 g/mol. The Kier molecular flexibility index (Phi) is 8.78. The summed E-state index contributed by atoms with van der Waals surface area (Å²) in [5, 5.41) is 3.06. The number of ether oxygens (including phenoxy) is 1. The molecule has 0 heterocycles. The third kappa shape index (κ3) is 7.79. The molecule has 1 N–H and O–H groups in total. The highest BCUT2D eigenvalue weighted by atomic mass is 35.5. The van der Waals surface area contributed by atoms with E-state index in [1.165, 1.54) is 24.3 Å². The number of hydrogen-bond acceptors (Lipinski definition) is 5. The Labute approximate surface area is 147 Å². The molecule has 0 saturated heterocycles. The normalized spacial score (nSPS) is 11.1. The minimum absolute atomic E-state index is 0.0911. The molecule has 0 fully saturated rings. The number of sulfone groups is 1. The molecule has 1 amide bonds. The van der Waals surface area contributed by atoms with Gasteiger partial charge in [-0.2, -0.15) is 0 Å². The fourth-order valence-electron chi connectivity index (χ4n) is 1.85. The number of esters is 1. The number of rotatable bonds is 10. The molecule has 0 aliphatic heterocycles. The predicted molar refractivity (Wildman–Crippen MR) is 91.6 cm³/mol. The molecule has 0 atom stereocenters. The van der Waals surface area contributed by atoms with E-state index < -0.39 is 22.4 Å². The molecule has 0 saturated carbocycles. The second kappa shape index (κ2) is 10.3. The van der Waals surface area contributed by atoms with Gasteiger partial charge in [-0.3, -0.25) is 9.59 Å². The van der Waals surface area contributed by atoms with Crippen LogP contribution in [0.2, 0.25) is 5.02 Å². The van der Waals surface area contributed by atoms with Crippen LogP contribution in [-0.4, -0.2) is 39.2 Å². The zero-order valence-corrected chi connectivity index (χ0v) is 15.2. The Morgan fingerprint density at radius 2 is 1.83 bits per heavy atom. The van der Waals surface area contributed by atoms with Crippen LogP contribution in [-0.2, 0) is 24.2 Å². The van der Waals surface area contributed by atoms with Gasteiger partial charge in [0, 0.05) is 11.6 Å². The van der Waals surface area contributed by atoms with E-state index in [-0.39, 0.29) is 23.0 Å². The lowest BCUT2D eigenvalue weighted by Crippen LogP contribution is -2.29. The van der Waals surface area contributed by atoms with Gasteiger partial charge in [-0.15, -0.1) is 0 Å². The summed E-state index contributed by atoms with van der Waals surface area (Å²) in [5.41, 5.74) is 0. The largest absolute Gasteiger partial charge is 0.456 e. The Bertz CT molecular complexity index is 643. The topological polar surface area (TPSA) is 89.5 Å². The van der Waals surface area contributed by atoms with Gasteiger partial charge in [-0.1, -0.05) is 31.4 Å². The lowest BCUT2D eigenvalue weighted by atomic mass is 10.2. The number of amides is 1. The van der Waals surface area contributed by atoms with Crippen LogP contribution in [0.3, 0.4) is 0 Å².